The fourth-order valence-corrected chi connectivity index (χ4v) is 3.28. The summed E-state index contributed by atoms with van der Waals surface area (Å²) in [5.74, 6) is 0.862. The molecular formula is C15H19ClFN5O. The minimum absolute atomic E-state index is 0.0145. The van der Waals surface area contributed by atoms with Gasteiger partial charge in [0.25, 0.3) is 0 Å². The molecule has 1 saturated carbocycles. The lowest BCUT2D eigenvalue weighted by Gasteiger charge is -2.44. The number of pyridine rings is 1. The van der Waals surface area contributed by atoms with E-state index < -0.39 is 11.6 Å². The Morgan fingerprint density at radius 2 is 2.26 bits per heavy atom. The highest BCUT2D eigenvalue weighted by Gasteiger charge is 2.49. The summed E-state index contributed by atoms with van der Waals surface area (Å²) in [6.07, 6.45) is 2.65. The van der Waals surface area contributed by atoms with Crippen LogP contribution in [0.4, 0.5) is 10.2 Å². The van der Waals surface area contributed by atoms with Gasteiger partial charge in [0, 0.05) is 19.0 Å². The van der Waals surface area contributed by atoms with Crippen molar-refractivity contribution in [1.29, 1.82) is 0 Å². The van der Waals surface area contributed by atoms with Crippen LogP contribution in [0.1, 0.15) is 36.8 Å². The van der Waals surface area contributed by atoms with Gasteiger partial charge in [-0.05, 0) is 30.5 Å². The molecule has 23 heavy (non-hydrogen) atoms. The molecule has 124 valence electrons. The average Bonchev–Trinajstić information content (AvgIpc) is 2.89. The summed E-state index contributed by atoms with van der Waals surface area (Å²) >= 11 is 6.11. The zero-order chi connectivity index (χ0) is 16.4. The van der Waals surface area contributed by atoms with Crippen molar-refractivity contribution in [1.82, 2.24) is 19.7 Å². The lowest BCUT2D eigenvalue weighted by atomic mass is 9.61. The van der Waals surface area contributed by atoms with E-state index in [1.807, 2.05) is 6.07 Å². The van der Waals surface area contributed by atoms with Gasteiger partial charge in [-0.1, -0.05) is 18.0 Å². The number of hydrogen-bond donors (Lipinski definition) is 2. The number of nitrogens with one attached hydrogen (secondary N) is 1. The maximum absolute atomic E-state index is 15.3. The van der Waals surface area contributed by atoms with Crippen LogP contribution in [0.15, 0.2) is 18.5 Å². The molecule has 1 fully saturated rings. The maximum atomic E-state index is 15.3. The van der Waals surface area contributed by atoms with Crippen molar-refractivity contribution in [2.24, 2.45) is 7.05 Å². The van der Waals surface area contributed by atoms with E-state index in [0.29, 0.717) is 23.3 Å². The quantitative estimate of drug-likeness (QED) is 0.790. The Morgan fingerprint density at radius 1 is 1.48 bits per heavy atom. The van der Waals surface area contributed by atoms with Gasteiger partial charge in [0.05, 0.1) is 6.61 Å². The van der Waals surface area contributed by atoms with Crippen molar-refractivity contribution in [2.45, 2.75) is 30.8 Å². The van der Waals surface area contributed by atoms with E-state index in [0.717, 1.165) is 24.8 Å². The molecule has 1 unspecified atom stereocenters. The molecule has 1 aliphatic carbocycles. The van der Waals surface area contributed by atoms with Crippen molar-refractivity contribution in [3.8, 4) is 0 Å². The molecule has 0 saturated heterocycles. The maximum Gasteiger partial charge on any atom is 0.169 e. The van der Waals surface area contributed by atoms with Crippen LogP contribution in [-0.4, -0.2) is 38.0 Å². The van der Waals surface area contributed by atoms with E-state index in [4.69, 9.17) is 16.7 Å². The summed E-state index contributed by atoms with van der Waals surface area (Å²) in [5.41, 5.74) is 0.155. The number of aliphatic hydroxyl groups is 1. The molecule has 0 radical (unpaired) electrons. The minimum atomic E-state index is -1.26. The Balaban J connectivity index is 1.97. The molecule has 6 nitrogen and oxygen atoms in total. The highest BCUT2D eigenvalue weighted by atomic mass is 35.5. The van der Waals surface area contributed by atoms with E-state index in [2.05, 4.69) is 20.5 Å². The predicted molar refractivity (Wildman–Crippen MR) is 85.2 cm³/mol. The SMILES string of the molecule is Cn1cnnc1C(F)C1(c2cc(Cl)nc(NCCO)c2)CCC1. The topological polar surface area (TPSA) is 75.9 Å². The van der Waals surface area contributed by atoms with Gasteiger partial charge in [0.15, 0.2) is 12.0 Å². The van der Waals surface area contributed by atoms with Gasteiger partial charge in [0.1, 0.15) is 17.3 Å². The minimum Gasteiger partial charge on any atom is -0.395 e. The number of aromatic nitrogens is 4. The number of halogens is 2. The number of anilines is 1. The standard InChI is InChI=1S/C15H19ClFN5O/c1-22-9-19-21-14(22)13(17)15(3-2-4-15)10-7-11(16)20-12(8-10)18-5-6-23/h7-9,13,23H,2-6H2,1H3,(H,18,20). The van der Waals surface area contributed by atoms with Crippen LogP contribution < -0.4 is 5.32 Å². The van der Waals surface area contributed by atoms with Crippen molar-refractivity contribution >= 4 is 17.4 Å². The Labute approximate surface area is 138 Å². The molecule has 1 atom stereocenters. The summed E-state index contributed by atoms with van der Waals surface area (Å²) in [6, 6.07) is 3.53. The monoisotopic (exact) mass is 339 g/mol. The molecule has 2 aromatic heterocycles. The van der Waals surface area contributed by atoms with Gasteiger partial charge in [-0.15, -0.1) is 10.2 Å². The van der Waals surface area contributed by atoms with Crippen LogP contribution in [0.25, 0.3) is 0 Å². The van der Waals surface area contributed by atoms with Gasteiger partial charge >= 0.3 is 0 Å². The van der Waals surface area contributed by atoms with E-state index in [1.165, 1.54) is 6.33 Å². The van der Waals surface area contributed by atoms with E-state index in [1.54, 1.807) is 17.7 Å². The molecule has 0 bridgehead atoms. The zero-order valence-corrected chi connectivity index (χ0v) is 13.6. The molecule has 8 heteroatoms. The lowest BCUT2D eigenvalue weighted by Crippen LogP contribution is -2.40. The first-order chi connectivity index (χ1) is 11.1. The highest BCUT2D eigenvalue weighted by molar-refractivity contribution is 6.29. The van der Waals surface area contributed by atoms with Gasteiger partial charge < -0.3 is 15.0 Å². The fourth-order valence-electron chi connectivity index (χ4n) is 3.07. The number of alkyl halides is 1. The number of aliphatic hydroxyl groups excluding tert-OH is 1. The number of nitrogens with zero attached hydrogens (tertiary/aromatic N) is 4. The second-order valence-corrected chi connectivity index (χ2v) is 6.27. The molecule has 0 spiro atoms. The van der Waals surface area contributed by atoms with Crippen molar-refractivity contribution in [3.05, 3.63) is 35.0 Å². The van der Waals surface area contributed by atoms with Crippen LogP contribution in [0.5, 0.6) is 0 Å². The number of aryl methyl sites for hydroxylation is 1. The smallest absolute Gasteiger partial charge is 0.169 e. The Bertz CT molecular complexity index is 688. The third-order valence-corrected chi connectivity index (χ3v) is 4.68. The molecule has 2 heterocycles. The van der Waals surface area contributed by atoms with Gasteiger partial charge in [-0.2, -0.15) is 0 Å². The Hall–Kier alpha value is -1.73. The van der Waals surface area contributed by atoms with Gasteiger partial charge in [-0.25, -0.2) is 9.37 Å². The second-order valence-electron chi connectivity index (χ2n) is 5.89. The first kappa shape index (κ1) is 16.1. The average molecular weight is 340 g/mol. The molecule has 2 N–H and O–H groups in total. The summed E-state index contributed by atoms with van der Waals surface area (Å²) in [6.45, 7) is 0.349. The third kappa shape index (κ3) is 2.90. The van der Waals surface area contributed by atoms with Crippen LogP contribution in [0, 0.1) is 0 Å². The summed E-state index contributed by atoms with van der Waals surface area (Å²) in [7, 11) is 1.74. The lowest BCUT2D eigenvalue weighted by molar-refractivity contribution is 0.0917. The highest BCUT2D eigenvalue weighted by Crippen LogP contribution is 2.54. The van der Waals surface area contributed by atoms with Crippen LogP contribution in [-0.2, 0) is 12.5 Å². The number of rotatable bonds is 6. The van der Waals surface area contributed by atoms with Gasteiger partial charge in [0.2, 0.25) is 0 Å². The van der Waals surface area contributed by atoms with Gasteiger partial charge in [-0.3, -0.25) is 0 Å². The molecule has 0 aliphatic heterocycles. The molecule has 1 aliphatic rings. The Kier molecular flexibility index (Phi) is 4.50. The third-order valence-electron chi connectivity index (χ3n) is 4.49. The van der Waals surface area contributed by atoms with E-state index >= 15 is 4.39 Å². The molecule has 3 rings (SSSR count). The normalized spacial score (nSPS) is 17.6. The predicted octanol–water partition coefficient (Wildman–Crippen LogP) is 2.40. The second kappa shape index (κ2) is 6.41. The first-order valence-corrected chi connectivity index (χ1v) is 7.95. The summed E-state index contributed by atoms with van der Waals surface area (Å²) in [5, 5.41) is 19.9. The zero-order valence-electron chi connectivity index (χ0n) is 12.8. The van der Waals surface area contributed by atoms with Crippen LogP contribution in [0.3, 0.4) is 0 Å². The molecule has 0 aromatic carbocycles. The largest absolute Gasteiger partial charge is 0.395 e. The van der Waals surface area contributed by atoms with Crippen molar-refractivity contribution < 1.29 is 9.50 Å². The Morgan fingerprint density at radius 3 is 2.83 bits per heavy atom. The van der Waals surface area contributed by atoms with Crippen LogP contribution in [0.2, 0.25) is 5.15 Å². The number of hydrogen-bond acceptors (Lipinski definition) is 5. The van der Waals surface area contributed by atoms with E-state index in [-0.39, 0.29) is 6.61 Å². The molecule has 2 aromatic rings. The van der Waals surface area contributed by atoms with E-state index in [9.17, 15) is 0 Å². The van der Waals surface area contributed by atoms with Crippen LogP contribution >= 0.6 is 11.6 Å². The first-order valence-electron chi connectivity index (χ1n) is 7.57. The van der Waals surface area contributed by atoms with Crippen molar-refractivity contribution in [3.63, 3.8) is 0 Å². The summed E-state index contributed by atoms with van der Waals surface area (Å²) < 4.78 is 16.9. The molecule has 0 amide bonds. The van der Waals surface area contributed by atoms with Crippen molar-refractivity contribution in [2.75, 3.05) is 18.5 Å². The fraction of sp³-hybridized carbons (Fsp3) is 0.533. The summed E-state index contributed by atoms with van der Waals surface area (Å²) in [4.78, 5) is 4.17. The molecular weight excluding hydrogens is 321 g/mol.